The van der Waals surface area contributed by atoms with Crippen molar-refractivity contribution in [3.05, 3.63) is 24.8 Å². The van der Waals surface area contributed by atoms with Gasteiger partial charge in [-0.05, 0) is 18.4 Å². The van der Waals surface area contributed by atoms with Gasteiger partial charge in [-0.15, -0.1) is 0 Å². The molecule has 0 radical (unpaired) electrons. The fourth-order valence-electron chi connectivity index (χ4n) is 2.28. The second kappa shape index (κ2) is 9.25. The van der Waals surface area contributed by atoms with E-state index in [0.29, 0.717) is 0 Å². The molecule has 0 saturated carbocycles. The first-order chi connectivity index (χ1) is 10.1. The van der Waals surface area contributed by atoms with Crippen molar-refractivity contribution >= 4 is 5.91 Å². The van der Waals surface area contributed by atoms with Crippen molar-refractivity contribution in [2.75, 3.05) is 6.61 Å². The number of hydrogen-bond acceptors (Lipinski definition) is 5. The number of carbonyl (C=O) groups is 1. The van der Waals surface area contributed by atoms with Crippen LogP contribution >= 0.6 is 0 Å². The molecule has 1 aromatic rings. The van der Waals surface area contributed by atoms with Gasteiger partial charge in [0.2, 0.25) is 0 Å². The fourth-order valence-corrected chi connectivity index (χ4v) is 2.28. The summed E-state index contributed by atoms with van der Waals surface area (Å²) >= 11 is 0. The highest BCUT2D eigenvalue weighted by Crippen LogP contribution is 2.26. The molecule has 1 rings (SSSR count). The first kappa shape index (κ1) is 17.3. The Kier molecular flexibility index (Phi) is 7.63. The lowest BCUT2D eigenvalue weighted by atomic mass is 9.96. The third-order valence-corrected chi connectivity index (χ3v) is 3.24. The topological polar surface area (TPSA) is 95.1 Å². The van der Waals surface area contributed by atoms with Crippen LogP contribution in [0, 0.1) is 0 Å². The summed E-state index contributed by atoms with van der Waals surface area (Å²) in [6.45, 7) is 8.19. The number of hydrogen-bond donors (Lipinski definition) is 2. The van der Waals surface area contributed by atoms with Crippen LogP contribution in [0.2, 0.25) is 0 Å². The zero-order chi connectivity index (χ0) is 15.7. The number of nitrogens with two attached hydrogens (primary N) is 1. The van der Waals surface area contributed by atoms with Crippen molar-refractivity contribution in [2.24, 2.45) is 5.84 Å². The third-order valence-electron chi connectivity index (χ3n) is 3.24. The number of nitrogens with zero attached hydrogens (tertiary/aromatic N) is 3. The van der Waals surface area contributed by atoms with E-state index in [9.17, 15) is 4.79 Å². The standard InChI is InChI=1S/C14H25N5O2/c1-4-6-11(3)14(21-8-13(20)18-15)12(7-5-2)19-10-16-9-17-19/h9-10,12,14H,3-8,15H2,1-2H3,(H,18,20). The molecular weight excluding hydrogens is 270 g/mol. The van der Waals surface area contributed by atoms with Crippen molar-refractivity contribution in [1.29, 1.82) is 0 Å². The number of ether oxygens (including phenoxy) is 1. The molecule has 0 aliphatic rings. The number of hydrazine groups is 1. The fraction of sp³-hybridized carbons (Fsp3) is 0.643. The smallest absolute Gasteiger partial charge is 0.259 e. The summed E-state index contributed by atoms with van der Waals surface area (Å²) in [5, 5.41) is 4.21. The van der Waals surface area contributed by atoms with Crippen LogP contribution in [0.5, 0.6) is 0 Å². The molecule has 0 spiro atoms. The maximum absolute atomic E-state index is 11.3. The van der Waals surface area contributed by atoms with Gasteiger partial charge in [0.15, 0.2) is 0 Å². The lowest BCUT2D eigenvalue weighted by Crippen LogP contribution is -2.37. The molecule has 0 aromatic carbocycles. The molecule has 7 heteroatoms. The first-order valence-electron chi connectivity index (χ1n) is 7.26. The quantitative estimate of drug-likeness (QED) is 0.294. The SMILES string of the molecule is C=C(CCC)C(OCC(=O)NN)C(CCC)n1cncn1. The Morgan fingerprint density at radius 3 is 2.76 bits per heavy atom. The van der Waals surface area contributed by atoms with Gasteiger partial charge in [-0.25, -0.2) is 15.5 Å². The molecule has 0 aliphatic heterocycles. The lowest BCUT2D eigenvalue weighted by Gasteiger charge is -2.28. The Balaban J connectivity index is 2.89. The molecule has 1 heterocycles. The summed E-state index contributed by atoms with van der Waals surface area (Å²) in [5.41, 5.74) is 3.02. The molecule has 2 atom stereocenters. The van der Waals surface area contributed by atoms with E-state index in [2.05, 4.69) is 35.9 Å². The minimum Gasteiger partial charge on any atom is -0.362 e. The van der Waals surface area contributed by atoms with Gasteiger partial charge in [0.1, 0.15) is 25.4 Å². The maximum atomic E-state index is 11.3. The summed E-state index contributed by atoms with van der Waals surface area (Å²) in [4.78, 5) is 15.3. The molecule has 0 aliphatic carbocycles. The predicted octanol–water partition coefficient (Wildman–Crippen LogP) is 1.35. The molecule has 7 nitrogen and oxygen atoms in total. The summed E-state index contributed by atoms with van der Waals surface area (Å²) in [6.07, 6.45) is 6.51. The van der Waals surface area contributed by atoms with Crippen molar-refractivity contribution in [3.8, 4) is 0 Å². The first-order valence-corrected chi connectivity index (χ1v) is 7.26. The van der Waals surface area contributed by atoms with Crippen molar-refractivity contribution in [1.82, 2.24) is 20.2 Å². The van der Waals surface area contributed by atoms with E-state index in [0.717, 1.165) is 31.3 Å². The van der Waals surface area contributed by atoms with Gasteiger partial charge in [0.25, 0.3) is 5.91 Å². The van der Waals surface area contributed by atoms with Gasteiger partial charge in [-0.3, -0.25) is 10.2 Å². The second-order valence-electron chi connectivity index (χ2n) is 4.94. The Morgan fingerprint density at radius 1 is 1.48 bits per heavy atom. The molecule has 3 N–H and O–H groups in total. The van der Waals surface area contributed by atoms with Crippen molar-refractivity contribution < 1.29 is 9.53 Å². The van der Waals surface area contributed by atoms with E-state index < -0.39 is 0 Å². The van der Waals surface area contributed by atoms with Gasteiger partial charge in [-0.1, -0.05) is 33.3 Å². The Morgan fingerprint density at radius 2 is 2.24 bits per heavy atom. The summed E-state index contributed by atoms with van der Waals surface area (Å²) in [5.74, 6) is 4.73. The maximum Gasteiger partial charge on any atom is 0.259 e. The summed E-state index contributed by atoms with van der Waals surface area (Å²) in [6, 6.07) is -0.0258. The van der Waals surface area contributed by atoms with Crippen LogP contribution < -0.4 is 11.3 Å². The van der Waals surface area contributed by atoms with Gasteiger partial charge in [0, 0.05) is 0 Å². The molecule has 118 valence electrons. The minimum atomic E-state index is -0.363. The zero-order valence-corrected chi connectivity index (χ0v) is 12.8. The molecule has 2 unspecified atom stereocenters. The van der Waals surface area contributed by atoms with Crippen LogP contribution in [0.15, 0.2) is 24.8 Å². The Bertz CT molecular complexity index is 433. The van der Waals surface area contributed by atoms with Gasteiger partial charge >= 0.3 is 0 Å². The van der Waals surface area contributed by atoms with Crippen LogP contribution in [-0.4, -0.2) is 33.4 Å². The largest absolute Gasteiger partial charge is 0.362 e. The third kappa shape index (κ3) is 5.28. The van der Waals surface area contributed by atoms with Crippen LogP contribution in [0.4, 0.5) is 0 Å². The highest BCUT2D eigenvalue weighted by atomic mass is 16.5. The van der Waals surface area contributed by atoms with E-state index in [1.165, 1.54) is 6.33 Å². The number of rotatable bonds is 10. The van der Waals surface area contributed by atoms with E-state index >= 15 is 0 Å². The van der Waals surface area contributed by atoms with E-state index in [4.69, 9.17) is 10.6 Å². The lowest BCUT2D eigenvalue weighted by molar-refractivity contribution is -0.128. The normalized spacial score (nSPS) is 13.7. The van der Waals surface area contributed by atoms with Crippen LogP contribution in [-0.2, 0) is 9.53 Å². The van der Waals surface area contributed by atoms with Gasteiger partial charge in [-0.2, -0.15) is 5.10 Å². The van der Waals surface area contributed by atoms with E-state index in [1.54, 1.807) is 11.0 Å². The molecule has 0 bridgehead atoms. The zero-order valence-electron chi connectivity index (χ0n) is 12.8. The van der Waals surface area contributed by atoms with Crippen molar-refractivity contribution in [3.63, 3.8) is 0 Å². The van der Waals surface area contributed by atoms with Crippen LogP contribution in [0.3, 0.4) is 0 Å². The predicted molar refractivity (Wildman–Crippen MR) is 80.1 cm³/mol. The Labute approximate surface area is 125 Å². The highest BCUT2D eigenvalue weighted by molar-refractivity contribution is 5.76. The molecule has 0 saturated heterocycles. The van der Waals surface area contributed by atoms with Crippen molar-refractivity contribution in [2.45, 2.75) is 51.7 Å². The molecule has 0 fully saturated rings. The van der Waals surface area contributed by atoms with E-state index in [1.807, 2.05) is 0 Å². The summed E-state index contributed by atoms with van der Waals surface area (Å²) in [7, 11) is 0. The molecule has 1 amide bonds. The average molecular weight is 295 g/mol. The number of amides is 1. The van der Waals surface area contributed by atoms with Gasteiger partial charge < -0.3 is 4.74 Å². The van der Waals surface area contributed by atoms with Crippen LogP contribution in [0.25, 0.3) is 0 Å². The van der Waals surface area contributed by atoms with Crippen LogP contribution in [0.1, 0.15) is 45.6 Å². The van der Waals surface area contributed by atoms with Gasteiger partial charge in [0.05, 0.1) is 6.04 Å². The number of carbonyl (C=O) groups excluding carboxylic acids is 1. The molecular formula is C14H25N5O2. The molecule has 21 heavy (non-hydrogen) atoms. The highest BCUT2D eigenvalue weighted by Gasteiger charge is 2.27. The second-order valence-corrected chi connectivity index (χ2v) is 4.94. The minimum absolute atomic E-state index is 0.0258. The Hall–Kier alpha value is -1.73. The number of aromatic nitrogens is 3. The monoisotopic (exact) mass is 295 g/mol. The summed E-state index contributed by atoms with van der Waals surface area (Å²) < 4.78 is 7.54. The average Bonchev–Trinajstić information content (AvgIpc) is 3.00. The van der Waals surface area contributed by atoms with E-state index in [-0.39, 0.29) is 24.7 Å². The molecule has 1 aromatic heterocycles. The number of nitrogens with one attached hydrogen (secondary N) is 1.